The molecule has 1 saturated heterocycles. The summed E-state index contributed by atoms with van der Waals surface area (Å²) in [5.41, 5.74) is 0.444. The average Bonchev–Trinajstić information content (AvgIpc) is 2.87. The van der Waals surface area contributed by atoms with Gasteiger partial charge >= 0.3 is 0 Å². The van der Waals surface area contributed by atoms with Gasteiger partial charge in [0.05, 0.1) is 5.41 Å². The molecule has 1 atom stereocenters. The maximum Gasteiger partial charge on any atom is 0.234 e. The number of aromatic hydroxyl groups is 1. The van der Waals surface area contributed by atoms with Crippen molar-refractivity contribution in [2.75, 3.05) is 25.0 Å². The third-order valence-electron chi connectivity index (χ3n) is 3.90. The molecular formula is C14H20N2O2. The molecule has 1 fully saturated rings. The van der Waals surface area contributed by atoms with Crippen LogP contribution in [-0.2, 0) is 4.79 Å². The van der Waals surface area contributed by atoms with Gasteiger partial charge in [-0.3, -0.25) is 4.79 Å². The molecule has 1 heterocycles. The minimum atomic E-state index is -0.291. The molecule has 4 heteroatoms. The molecule has 4 nitrogen and oxygen atoms in total. The van der Waals surface area contributed by atoms with E-state index in [-0.39, 0.29) is 17.1 Å². The second-order valence-corrected chi connectivity index (χ2v) is 4.94. The quantitative estimate of drug-likeness (QED) is 0.856. The standard InChI is InChI=1S/C14H20N2O2/c1-3-14(7-8-15-10-14)13(18)16(2)11-5-4-6-12(17)9-11/h4-6,9,15,17H,3,7-8,10H2,1-2H3. The second kappa shape index (κ2) is 4.98. The Labute approximate surface area is 108 Å². The number of phenols is 1. The van der Waals surface area contributed by atoms with Crippen LogP contribution in [0.3, 0.4) is 0 Å². The highest BCUT2D eigenvalue weighted by Crippen LogP contribution is 2.33. The minimum Gasteiger partial charge on any atom is -0.508 e. The van der Waals surface area contributed by atoms with Crippen molar-refractivity contribution in [2.24, 2.45) is 5.41 Å². The van der Waals surface area contributed by atoms with Crippen LogP contribution in [0.15, 0.2) is 24.3 Å². The van der Waals surface area contributed by atoms with Gasteiger partial charge in [-0.1, -0.05) is 13.0 Å². The van der Waals surface area contributed by atoms with Crippen molar-refractivity contribution in [2.45, 2.75) is 19.8 Å². The number of nitrogens with one attached hydrogen (secondary N) is 1. The second-order valence-electron chi connectivity index (χ2n) is 4.94. The fraction of sp³-hybridized carbons (Fsp3) is 0.500. The van der Waals surface area contributed by atoms with Crippen LogP contribution < -0.4 is 10.2 Å². The zero-order chi connectivity index (χ0) is 13.2. The Morgan fingerprint density at radius 3 is 2.89 bits per heavy atom. The number of carbonyl (C=O) groups excluding carboxylic acids is 1. The van der Waals surface area contributed by atoms with Crippen molar-refractivity contribution >= 4 is 11.6 Å². The lowest BCUT2D eigenvalue weighted by Crippen LogP contribution is -2.43. The fourth-order valence-corrected chi connectivity index (χ4v) is 2.55. The zero-order valence-electron chi connectivity index (χ0n) is 10.9. The maximum atomic E-state index is 12.6. The molecule has 1 unspecified atom stereocenters. The summed E-state index contributed by atoms with van der Waals surface area (Å²) in [5, 5.41) is 12.7. The summed E-state index contributed by atoms with van der Waals surface area (Å²) < 4.78 is 0. The Bertz CT molecular complexity index is 439. The van der Waals surface area contributed by atoms with Crippen molar-refractivity contribution in [3.63, 3.8) is 0 Å². The molecule has 0 spiro atoms. The molecule has 18 heavy (non-hydrogen) atoms. The summed E-state index contributed by atoms with van der Waals surface area (Å²) in [4.78, 5) is 14.3. The summed E-state index contributed by atoms with van der Waals surface area (Å²) in [6.07, 6.45) is 1.72. The van der Waals surface area contributed by atoms with Crippen LogP contribution in [0.25, 0.3) is 0 Å². The van der Waals surface area contributed by atoms with Gasteiger partial charge in [0.1, 0.15) is 5.75 Å². The van der Waals surface area contributed by atoms with Crippen LogP contribution in [0, 0.1) is 5.41 Å². The Hall–Kier alpha value is -1.55. The van der Waals surface area contributed by atoms with Crippen molar-refractivity contribution in [1.82, 2.24) is 5.32 Å². The maximum absolute atomic E-state index is 12.6. The summed E-state index contributed by atoms with van der Waals surface area (Å²) in [5.74, 6) is 0.308. The van der Waals surface area contributed by atoms with Crippen molar-refractivity contribution < 1.29 is 9.90 Å². The third-order valence-corrected chi connectivity index (χ3v) is 3.90. The fourth-order valence-electron chi connectivity index (χ4n) is 2.55. The number of nitrogens with zero attached hydrogens (tertiary/aromatic N) is 1. The number of amides is 1. The molecule has 1 aromatic rings. The third kappa shape index (κ3) is 2.20. The molecule has 0 radical (unpaired) electrons. The SMILES string of the molecule is CCC1(C(=O)N(C)c2cccc(O)c2)CCNC1. The zero-order valence-corrected chi connectivity index (χ0v) is 10.9. The monoisotopic (exact) mass is 248 g/mol. The van der Waals surface area contributed by atoms with Crippen molar-refractivity contribution in [3.05, 3.63) is 24.3 Å². The molecule has 0 saturated carbocycles. The van der Waals surface area contributed by atoms with Crippen LogP contribution in [0.2, 0.25) is 0 Å². The normalized spacial score (nSPS) is 23.0. The number of benzene rings is 1. The summed E-state index contributed by atoms with van der Waals surface area (Å²) in [7, 11) is 1.77. The van der Waals surface area contributed by atoms with E-state index in [0.29, 0.717) is 0 Å². The first-order valence-electron chi connectivity index (χ1n) is 6.37. The summed E-state index contributed by atoms with van der Waals surface area (Å²) in [6.45, 7) is 3.69. The highest BCUT2D eigenvalue weighted by Gasteiger charge is 2.41. The topological polar surface area (TPSA) is 52.6 Å². The number of carbonyl (C=O) groups is 1. The van der Waals surface area contributed by atoms with E-state index in [1.165, 1.54) is 0 Å². The van der Waals surface area contributed by atoms with Gasteiger partial charge in [-0.15, -0.1) is 0 Å². The van der Waals surface area contributed by atoms with Crippen LogP contribution >= 0.6 is 0 Å². The predicted octanol–water partition coefficient (Wildman–Crippen LogP) is 1.74. The van der Waals surface area contributed by atoms with E-state index in [1.807, 2.05) is 6.07 Å². The van der Waals surface area contributed by atoms with Crippen molar-refractivity contribution in [1.29, 1.82) is 0 Å². The number of hydrogen-bond acceptors (Lipinski definition) is 3. The van der Waals surface area contributed by atoms with E-state index < -0.39 is 0 Å². The van der Waals surface area contributed by atoms with Gasteiger partial charge in [0.15, 0.2) is 0 Å². The average molecular weight is 248 g/mol. The van der Waals surface area contributed by atoms with Crippen LogP contribution in [-0.4, -0.2) is 31.2 Å². The van der Waals surface area contributed by atoms with Gasteiger partial charge in [-0.05, 0) is 31.5 Å². The molecule has 1 aliphatic rings. The van der Waals surface area contributed by atoms with Gasteiger partial charge in [0.2, 0.25) is 5.91 Å². The van der Waals surface area contributed by atoms with E-state index in [2.05, 4.69) is 12.2 Å². The van der Waals surface area contributed by atoms with E-state index >= 15 is 0 Å². The van der Waals surface area contributed by atoms with Gasteiger partial charge in [0.25, 0.3) is 0 Å². The molecule has 2 rings (SSSR count). The Morgan fingerprint density at radius 1 is 1.56 bits per heavy atom. The molecular weight excluding hydrogens is 228 g/mol. The molecule has 1 aliphatic heterocycles. The van der Waals surface area contributed by atoms with E-state index in [9.17, 15) is 9.90 Å². The highest BCUT2D eigenvalue weighted by molar-refractivity contribution is 5.97. The van der Waals surface area contributed by atoms with Crippen LogP contribution in [0.4, 0.5) is 5.69 Å². The summed E-state index contributed by atoms with van der Waals surface area (Å²) >= 11 is 0. The highest BCUT2D eigenvalue weighted by atomic mass is 16.3. The Morgan fingerprint density at radius 2 is 2.33 bits per heavy atom. The number of anilines is 1. The van der Waals surface area contributed by atoms with Gasteiger partial charge in [0, 0.05) is 25.3 Å². The van der Waals surface area contributed by atoms with E-state index in [4.69, 9.17) is 0 Å². The first kappa shape index (κ1) is 12.9. The number of hydrogen-bond donors (Lipinski definition) is 2. The largest absolute Gasteiger partial charge is 0.508 e. The molecule has 2 N–H and O–H groups in total. The molecule has 1 aromatic carbocycles. The molecule has 1 amide bonds. The van der Waals surface area contributed by atoms with E-state index in [1.54, 1.807) is 30.1 Å². The first-order chi connectivity index (χ1) is 8.59. The molecule has 0 aromatic heterocycles. The van der Waals surface area contributed by atoms with Crippen LogP contribution in [0.1, 0.15) is 19.8 Å². The van der Waals surface area contributed by atoms with Crippen molar-refractivity contribution in [3.8, 4) is 5.75 Å². The lowest BCUT2D eigenvalue weighted by atomic mass is 9.82. The molecule has 98 valence electrons. The number of phenolic OH excluding ortho intramolecular Hbond substituents is 1. The lowest BCUT2D eigenvalue weighted by molar-refractivity contribution is -0.127. The van der Waals surface area contributed by atoms with E-state index in [0.717, 1.165) is 31.6 Å². The first-order valence-corrected chi connectivity index (χ1v) is 6.37. The van der Waals surface area contributed by atoms with Gasteiger partial charge < -0.3 is 15.3 Å². The van der Waals surface area contributed by atoms with Gasteiger partial charge in [-0.2, -0.15) is 0 Å². The van der Waals surface area contributed by atoms with Crippen LogP contribution in [0.5, 0.6) is 5.75 Å². The Balaban J connectivity index is 2.23. The number of rotatable bonds is 3. The lowest BCUT2D eigenvalue weighted by Gasteiger charge is -2.30. The smallest absolute Gasteiger partial charge is 0.234 e. The molecule has 0 aliphatic carbocycles. The molecule has 0 bridgehead atoms. The predicted molar refractivity (Wildman–Crippen MR) is 71.7 cm³/mol. The minimum absolute atomic E-state index is 0.126. The Kier molecular flexibility index (Phi) is 3.57. The van der Waals surface area contributed by atoms with Gasteiger partial charge in [-0.25, -0.2) is 0 Å². The summed E-state index contributed by atoms with van der Waals surface area (Å²) in [6, 6.07) is 6.81.